The van der Waals surface area contributed by atoms with Crippen LogP contribution in [-0.2, 0) is 4.79 Å². The number of fused-ring (bicyclic) bond motifs is 1. The smallest absolute Gasteiger partial charge is 0.139 e. The van der Waals surface area contributed by atoms with E-state index in [4.69, 9.17) is 0 Å². The number of ketones is 1. The van der Waals surface area contributed by atoms with Crippen LogP contribution in [0.25, 0.3) is 0 Å². The van der Waals surface area contributed by atoms with Gasteiger partial charge in [0, 0.05) is 11.8 Å². The van der Waals surface area contributed by atoms with Gasteiger partial charge in [0.2, 0.25) is 0 Å². The minimum atomic E-state index is -0.547. The second kappa shape index (κ2) is 5.68. The van der Waals surface area contributed by atoms with Gasteiger partial charge >= 0.3 is 0 Å². The van der Waals surface area contributed by atoms with Crippen LogP contribution in [0.5, 0.6) is 0 Å². The molecular weight excluding hydrogens is 260 g/mol. The van der Waals surface area contributed by atoms with E-state index in [1.165, 1.54) is 19.3 Å². The van der Waals surface area contributed by atoms with Crippen LogP contribution in [-0.4, -0.2) is 16.5 Å². The van der Waals surface area contributed by atoms with Crippen molar-refractivity contribution in [2.24, 2.45) is 22.7 Å². The van der Waals surface area contributed by atoms with E-state index >= 15 is 0 Å². The SMILES string of the molecule is C[C@@H](CCCC(C)(C)O)C1CCC2(C)C(=O)CCC[C@]12C. The van der Waals surface area contributed by atoms with E-state index in [2.05, 4.69) is 20.8 Å². The highest BCUT2D eigenvalue weighted by molar-refractivity contribution is 5.86. The van der Waals surface area contributed by atoms with Crippen LogP contribution in [0.2, 0.25) is 0 Å². The van der Waals surface area contributed by atoms with E-state index in [0.717, 1.165) is 32.1 Å². The normalized spacial score (nSPS) is 38.4. The molecule has 1 N–H and O–H groups in total. The minimum absolute atomic E-state index is 0.0690. The van der Waals surface area contributed by atoms with Gasteiger partial charge in [-0.1, -0.05) is 33.6 Å². The molecule has 0 spiro atoms. The monoisotopic (exact) mass is 294 g/mol. The summed E-state index contributed by atoms with van der Waals surface area (Å²) in [4.78, 5) is 12.5. The van der Waals surface area contributed by atoms with Crippen LogP contribution < -0.4 is 0 Å². The van der Waals surface area contributed by atoms with Crippen LogP contribution >= 0.6 is 0 Å². The third-order valence-corrected chi connectivity index (χ3v) is 6.88. The highest BCUT2D eigenvalue weighted by Crippen LogP contribution is 2.63. The summed E-state index contributed by atoms with van der Waals surface area (Å²) in [6, 6.07) is 0. The maximum Gasteiger partial charge on any atom is 0.139 e. The zero-order valence-electron chi connectivity index (χ0n) is 14.7. The largest absolute Gasteiger partial charge is 0.390 e. The number of hydrogen-bond acceptors (Lipinski definition) is 2. The lowest BCUT2D eigenvalue weighted by molar-refractivity contribution is -0.140. The Bertz CT molecular complexity index is 395. The highest BCUT2D eigenvalue weighted by atomic mass is 16.3. The topological polar surface area (TPSA) is 37.3 Å². The van der Waals surface area contributed by atoms with Crippen molar-refractivity contribution in [3.63, 3.8) is 0 Å². The molecule has 2 aliphatic carbocycles. The van der Waals surface area contributed by atoms with Crippen LogP contribution in [0.1, 0.15) is 86.0 Å². The minimum Gasteiger partial charge on any atom is -0.390 e. The molecule has 0 aliphatic heterocycles. The van der Waals surface area contributed by atoms with Crippen LogP contribution in [0.15, 0.2) is 0 Å². The van der Waals surface area contributed by atoms with Gasteiger partial charge in [0.25, 0.3) is 0 Å². The molecule has 0 heterocycles. The molecule has 2 fully saturated rings. The van der Waals surface area contributed by atoms with Gasteiger partial charge in [-0.05, 0) is 63.2 Å². The second-order valence-electron chi connectivity index (χ2n) is 8.85. The molecule has 0 bridgehead atoms. The number of hydrogen-bond donors (Lipinski definition) is 1. The lowest BCUT2D eigenvalue weighted by Crippen LogP contribution is -2.47. The molecule has 0 saturated heterocycles. The number of carbonyl (C=O) groups is 1. The molecule has 0 radical (unpaired) electrons. The molecule has 4 atom stereocenters. The summed E-state index contributed by atoms with van der Waals surface area (Å²) in [6.45, 7) is 10.8. The molecule has 2 nitrogen and oxygen atoms in total. The number of rotatable bonds is 5. The van der Waals surface area contributed by atoms with Crippen LogP contribution in [0, 0.1) is 22.7 Å². The Morgan fingerprint density at radius 2 is 2.00 bits per heavy atom. The Kier molecular flexibility index (Phi) is 4.60. The predicted octanol–water partition coefficient (Wildman–Crippen LogP) is 4.74. The van der Waals surface area contributed by atoms with Gasteiger partial charge in [-0.15, -0.1) is 0 Å². The van der Waals surface area contributed by atoms with Gasteiger partial charge in [0.1, 0.15) is 5.78 Å². The van der Waals surface area contributed by atoms with E-state index < -0.39 is 5.60 Å². The first-order valence-corrected chi connectivity index (χ1v) is 8.86. The van der Waals surface area contributed by atoms with Crippen molar-refractivity contribution in [3.05, 3.63) is 0 Å². The molecule has 0 aromatic carbocycles. The fraction of sp³-hybridized carbons (Fsp3) is 0.947. The predicted molar refractivity (Wildman–Crippen MR) is 87.1 cm³/mol. The zero-order chi connectivity index (χ0) is 15.9. The first-order valence-electron chi connectivity index (χ1n) is 8.86. The van der Waals surface area contributed by atoms with Crippen molar-refractivity contribution in [2.45, 2.75) is 91.6 Å². The van der Waals surface area contributed by atoms with Gasteiger partial charge in [-0.2, -0.15) is 0 Å². The van der Waals surface area contributed by atoms with E-state index in [1.807, 2.05) is 13.8 Å². The summed E-state index contributed by atoms with van der Waals surface area (Å²) >= 11 is 0. The molecular formula is C19H34O2. The molecule has 122 valence electrons. The number of aliphatic hydroxyl groups is 1. The standard InChI is InChI=1S/C19H34O2/c1-14(8-6-11-17(2,3)21)15-10-13-19(5)16(20)9-7-12-18(15,19)4/h14-15,21H,6-13H2,1-5H3/t14-,15?,18+,19?/m0/s1. The molecule has 2 heteroatoms. The van der Waals surface area contributed by atoms with E-state index in [0.29, 0.717) is 17.6 Å². The average molecular weight is 294 g/mol. The average Bonchev–Trinajstić information content (AvgIpc) is 2.62. The Morgan fingerprint density at radius 1 is 1.33 bits per heavy atom. The van der Waals surface area contributed by atoms with Crippen molar-refractivity contribution in [1.29, 1.82) is 0 Å². The van der Waals surface area contributed by atoms with E-state index in [-0.39, 0.29) is 10.8 Å². The summed E-state index contributed by atoms with van der Waals surface area (Å²) in [7, 11) is 0. The summed E-state index contributed by atoms with van der Waals surface area (Å²) in [5.41, 5.74) is -0.411. The Hall–Kier alpha value is -0.370. The summed E-state index contributed by atoms with van der Waals surface area (Å²) in [6.07, 6.45) is 8.53. The quantitative estimate of drug-likeness (QED) is 0.795. The van der Waals surface area contributed by atoms with Gasteiger partial charge in [0.15, 0.2) is 0 Å². The summed E-state index contributed by atoms with van der Waals surface area (Å²) in [5, 5.41) is 9.87. The Balaban J connectivity index is 2.02. The molecule has 21 heavy (non-hydrogen) atoms. The van der Waals surface area contributed by atoms with Gasteiger partial charge in [-0.3, -0.25) is 4.79 Å². The fourth-order valence-electron chi connectivity index (χ4n) is 5.24. The molecule has 0 aromatic rings. The second-order valence-corrected chi connectivity index (χ2v) is 8.85. The van der Waals surface area contributed by atoms with Crippen molar-refractivity contribution < 1.29 is 9.90 Å². The Labute approximate surface area is 130 Å². The highest BCUT2D eigenvalue weighted by Gasteiger charge is 2.59. The van der Waals surface area contributed by atoms with Crippen molar-refractivity contribution in [2.75, 3.05) is 0 Å². The molecule has 2 rings (SSSR count). The first-order chi connectivity index (χ1) is 9.60. The van der Waals surface area contributed by atoms with Crippen molar-refractivity contribution in [3.8, 4) is 0 Å². The number of carbonyl (C=O) groups excluding carboxylic acids is 1. The van der Waals surface area contributed by atoms with Crippen LogP contribution in [0.3, 0.4) is 0 Å². The van der Waals surface area contributed by atoms with Gasteiger partial charge in [-0.25, -0.2) is 0 Å². The maximum absolute atomic E-state index is 12.5. The molecule has 0 aromatic heterocycles. The molecule has 0 amide bonds. The van der Waals surface area contributed by atoms with Gasteiger partial charge < -0.3 is 5.11 Å². The lowest BCUT2D eigenvalue weighted by atomic mass is 9.54. The summed E-state index contributed by atoms with van der Waals surface area (Å²) < 4.78 is 0. The third kappa shape index (κ3) is 3.06. The van der Waals surface area contributed by atoms with Crippen molar-refractivity contribution >= 4 is 5.78 Å². The third-order valence-electron chi connectivity index (χ3n) is 6.88. The van der Waals surface area contributed by atoms with E-state index in [1.54, 1.807) is 0 Å². The number of Topliss-reactive ketones (excluding diaryl/α,β-unsaturated/α-hetero) is 1. The molecule has 2 unspecified atom stereocenters. The van der Waals surface area contributed by atoms with Crippen LogP contribution in [0.4, 0.5) is 0 Å². The summed E-state index contributed by atoms with van der Waals surface area (Å²) in [5.74, 6) is 1.85. The lowest BCUT2D eigenvalue weighted by Gasteiger charge is -2.48. The fourth-order valence-corrected chi connectivity index (χ4v) is 5.24. The Morgan fingerprint density at radius 3 is 2.62 bits per heavy atom. The molecule has 2 aliphatic rings. The van der Waals surface area contributed by atoms with Crippen molar-refractivity contribution in [1.82, 2.24) is 0 Å². The maximum atomic E-state index is 12.5. The van der Waals surface area contributed by atoms with E-state index in [9.17, 15) is 9.90 Å². The zero-order valence-corrected chi connectivity index (χ0v) is 14.7. The first kappa shape index (κ1) is 17.0. The van der Waals surface area contributed by atoms with Gasteiger partial charge in [0.05, 0.1) is 5.60 Å². The molecule has 2 saturated carbocycles.